The molecule has 2 aromatic rings. The molecule has 0 saturated carbocycles. The summed E-state index contributed by atoms with van der Waals surface area (Å²) in [4.78, 5) is 11.9. The third-order valence-electron chi connectivity index (χ3n) is 2.47. The molecule has 0 aliphatic heterocycles. The molecule has 0 aliphatic carbocycles. The molecule has 0 aliphatic rings. The van der Waals surface area contributed by atoms with Gasteiger partial charge in [0.05, 0.1) is 0 Å². The van der Waals surface area contributed by atoms with Gasteiger partial charge in [0.25, 0.3) is 5.91 Å². The Hall–Kier alpha value is -2.29. The van der Waals surface area contributed by atoms with E-state index in [1.165, 1.54) is 0 Å². The van der Waals surface area contributed by atoms with Crippen LogP contribution >= 0.6 is 0 Å². The zero-order valence-corrected chi connectivity index (χ0v) is 10.2. The molecular formula is C15H15NO2. The van der Waals surface area contributed by atoms with Crippen LogP contribution in [0, 0.1) is 0 Å². The van der Waals surface area contributed by atoms with E-state index in [-0.39, 0.29) is 5.91 Å². The number of anilines is 1. The van der Waals surface area contributed by atoms with E-state index in [0.717, 1.165) is 5.69 Å². The number of amides is 1. The van der Waals surface area contributed by atoms with Crippen LogP contribution in [0.4, 0.5) is 5.69 Å². The second-order valence-electron chi connectivity index (χ2n) is 3.93. The lowest BCUT2D eigenvalue weighted by molar-refractivity contribution is -0.122. The molecular weight excluding hydrogens is 226 g/mol. The Kier molecular flexibility index (Phi) is 3.97. The van der Waals surface area contributed by atoms with E-state index in [2.05, 4.69) is 5.32 Å². The molecule has 0 spiro atoms. The van der Waals surface area contributed by atoms with Gasteiger partial charge in [-0.15, -0.1) is 0 Å². The Morgan fingerprint density at radius 3 is 2.17 bits per heavy atom. The normalized spacial score (nSPS) is 11.6. The number of carbonyl (C=O) groups is 1. The quantitative estimate of drug-likeness (QED) is 0.893. The highest BCUT2D eigenvalue weighted by Crippen LogP contribution is 2.12. The molecule has 0 aromatic heterocycles. The second kappa shape index (κ2) is 5.87. The van der Waals surface area contributed by atoms with Crippen LogP contribution < -0.4 is 10.1 Å². The summed E-state index contributed by atoms with van der Waals surface area (Å²) >= 11 is 0. The smallest absolute Gasteiger partial charge is 0.265 e. The van der Waals surface area contributed by atoms with Gasteiger partial charge >= 0.3 is 0 Å². The third kappa shape index (κ3) is 3.35. The van der Waals surface area contributed by atoms with Gasteiger partial charge in [-0.3, -0.25) is 4.79 Å². The maximum Gasteiger partial charge on any atom is 0.265 e. The van der Waals surface area contributed by atoms with E-state index in [1.54, 1.807) is 6.92 Å². The minimum Gasteiger partial charge on any atom is -0.481 e. The molecule has 2 aromatic carbocycles. The van der Waals surface area contributed by atoms with Gasteiger partial charge < -0.3 is 10.1 Å². The Morgan fingerprint density at radius 2 is 1.56 bits per heavy atom. The van der Waals surface area contributed by atoms with Crippen LogP contribution in [0.15, 0.2) is 60.7 Å². The van der Waals surface area contributed by atoms with E-state index in [9.17, 15) is 4.79 Å². The zero-order chi connectivity index (χ0) is 12.8. The molecule has 1 N–H and O–H groups in total. The summed E-state index contributed by atoms with van der Waals surface area (Å²) in [5.74, 6) is 0.526. The number of hydrogen-bond acceptors (Lipinski definition) is 2. The highest BCUT2D eigenvalue weighted by Gasteiger charge is 2.14. The molecule has 0 radical (unpaired) electrons. The zero-order valence-electron chi connectivity index (χ0n) is 10.2. The number of ether oxygens (including phenoxy) is 1. The fourth-order valence-electron chi connectivity index (χ4n) is 1.52. The average molecular weight is 241 g/mol. The van der Waals surface area contributed by atoms with Gasteiger partial charge in [0.1, 0.15) is 5.75 Å². The maximum absolute atomic E-state index is 11.9. The Balaban J connectivity index is 1.93. The fraction of sp³-hybridized carbons (Fsp3) is 0.133. The first-order valence-corrected chi connectivity index (χ1v) is 5.83. The summed E-state index contributed by atoms with van der Waals surface area (Å²) < 4.78 is 5.54. The van der Waals surface area contributed by atoms with Crippen molar-refractivity contribution in [3.8, 4) is 5.75 Å². The fourth-order valence-corrected chi connectivity index (χ4v) is 1.52. The standard InChI is InChI=1S/C15H15NO2/c1-12(18-14-10-6-3-7-11-14)15(17)16-13-8-4-2-5-9-13/h2-12H,1H3,(H,16,17)/t12-/m0/s1. The minimum atomic E-state index is -0.535. The number of benzene rings is 2. The van der Waals surface area contributed by atoms with Gasteiger partial charge in [0.2, 0.25) is 0 Å². The molecule has 3 nitrogen and oxygen atoms in total. The van der Waals surface area contributed by atoms with E-state index in [4.69, 9.17) is 4.74 Å². The molecule has 1 amide bonds. The lowest BCUT2D eigenvalue weighted by Gasteiger charge is -2.14. The molecule has 92 valence electrons. The summed E-state index contributed by atoms with van der Waals surface area (Å²) in [6.45, 7) is 1.73. The first-order chi connectivity index (χ1) is 8.75. The largest absolute Gasteiger partial charge is 0.481 e. The molecule has 0 fully saturated rings. The summed E-state index contributed by atoms with van der Waals surface area (Å²) in [7, 11) is 0. The van der Waals surface area contributed by atoms with Crippen molar-refractivity contribution in [2.24, 2.45) is 0 Å². The number of para-hydroxylation sites is 2. The first-order valence-electron chi connectivity index (χ1n) is 5.83. The maximum atomic E-state index is 11.9. The summed E-state index contributed by atoms with van der Waals surface area (Å²) in [6.07, 6.45) is -0.535. The van der Waals surface area contributed by atoms with Crippen molar-refractivity contribution >= 4 is 11.6 Å². The van der Waals surface area contributed by atoms with Gasteiger partial charge in [0.15, 0.2) is 6.10 Å². The van der Waals surface area contributed by atoms with Gasteiger partial charge in [0, 0.05) is 5.69 Å². The summed E-state index contributed by atoms with van der Waals surface area (Å²) in [6, 6.07) is 18.6. The van der Waals surface area contributed by atoms with Crippen LogP contribution in [-0.2, 0) is 4.79 Å². The van der Waals surface area contributed by atoms with Crippen molar-refractivity contribution < 1.29 is 9.53 Å². The first kappa shape index (κ1) is 12.2. The van der Waals surface area contributed by atoms with Crippen molar-refractivity contribution in [1.82, 2.24) is 0 Å². The minimum absolute atomic E-state index is 0.162. The Morgan fingerprint density at radius 1 is 1.00 bits per heavy atom. The molecule has 0 bridgehead atoms. The van der Waals surface area contributed by atoms with E-state index >= 15 is 0 Å². The van der Waals surface area contributed by atoms with E-state index < -0.39 is 6.10 Å². The van der Waals surface area contributed by atoms with Gasteiger partial charge in [-0.05, 0) is 31.2 Å². The SMILES string of the molecule is C[C@H](Oc1ccccc1)C(=O)Nc1ccccc1. The topological polar surface area (TPSA) is 38.3 Å². The van der Waals surface area contributed by atoms with Gasteiger partial charge in [-0.25, -0.2) is 0 Å². The molecule has 2 rings (SSSR count). The summed E-state index contributed by atoms with van der Waals surface area (Å²) in [5.41, 5.74) is 0.769. The highest BCUT2D eigenvalue weighted by molar-refractivity contribution is 5.94. The van der Waals surface area contributed by atoms with E-state index in [0.29, 0.717) is 5.75 Å². The monoisotopic (exact) mass is 241 g/mol. The predicted molar refractivity (Wildman–Crippen MR) is 71.6 cm³/mol. The lowest BCUT2D eigenvalue weighted by atomic mass is 10.3. The highest BCUT2D eigenvalue weighted by atomic mass is 16.5. The lowest BCUT2D eigenvalue weighted by Crippen LogP contribution is -2.30. The number of rotatable bonds is 4. The third-order valence-corrected chi connectivity index (χ3v) is 2.47. The molecule has 0 heterocycles. The molecule has 1 atom stereocenters. The van der Waals surface area contributed by atoms with Gasteiger partial charge in [-0.1, -0.05) is 36.4 Å². The second-order valence-corrected chi connectivity index (χ2v) is 3.93. The van der Waals surface area contributed by atoms with Crippen LogP contribution in [0.3, 0.4) is 0 Å². The van der Waals surface area contributed by atoms with Crippen molar-refractivity contribution in [2.45, 2.75) is 13.0 Å². The van der Waals surface area contributed by atoms with Crippen LogP contribution in [0.1, 0.15) is 6.92 Å². The number of nitrogens with one attached hydrogen (secondary N) is 1. The average Bonchev–Trinajstić information content (AvgIpc) is 2.41. The predicted octanol–water partition coefficient (Wildman–Crippen LogP) is 3.09. The van der Waals surface area contributed by atoms with Crippen molar-refractivity contribution in [3.05, 3.63) is 60.7 Å². The van der Waals surface area contributed by atoms with Crippen LogP contribution in [0.5, 0.6) is 5.75 Å². The van der Waals surface area contributed by atoms with Crippen molar-refractivity contribution in [3.63, 3.8) is 0 Å². The van der Waals surface area contributed by atoms with Crippen LogP contribution in [0.2, 0.25) is 0 Å². The number of hydrogen-bond donors (Lipinski definition) is 1. The van der Waals surface area contributed by atoms with Crippen molar-refractivity contribution in [1.29, 1.82) is 0 Å². The Bertz CT molecular complexity index is 496. The van der Waals surface area contributed by atoms with Crippen LogP contribution in [-0.4, -0.2) is 12.0 Å². The summed E-state index contributed by atoms with van der Waals surface area (Å²) in [5, 5.41) is 2.80. The molecule has 18 heavy (non-hydrogen) atoms. The van der Waals surface area contributed by atoms with E-state index in [1.807, 2.05) is 60.7 Å². The molecule has 0 saturated heterocycles. The van der Waals surface area contributed by atoms with Crippen molar-refractivity contribution in [2.75, 3.05) is 5.32 Å². The Labute approximate surface area is 106 Å². The van der Waals surface area contributed by atoms with Crippen LogP contribution in [0.25, 0.3) is 0 Å². The van der Waals surface area contributed by atoms with Gasteiger partial charge in [-0.2, -0.15) is 0 Å². The number of carbonyl (C=O) groups excluding carboxylic acids is 1. The molecule has 0 unspecified atom stereocenters. The molecule has 3 heteroatoms.